The fourth-order valence-electron chi connectivity index (χ4n) is 3.69. The van der Waals surface area contributed by atoms with Crippen LogP contribution in [-0.4, -0.2) is 52.4 Å². The first-order valence-corrected chi connectivity index (χ1v) is 15.0. The SMILES string of the molecule is CCS(=O)(=O)c1ccc(-n2ncn(-c3cccc(Br)c3)c2=O)nc1-c1nc2cc(S(=O)(=O)C(F)(F)F)ccc2o1. The van der Waals surface area contributed by atoms with Crippen LogP contribution in [0.25, 0.3) is 34.2 Å². The summed E-state index contributed by atoms with van der Waals surface area (Å²) < 4.78 is 96.9. The molecule has 0 atom stereocenters. The van der Waals surface area contributed by atoms with Gasteiger partial charge in [-0.05, 0) is 48.5 Å². The maximum Gasteiger partial charge on any atom is 0.501 e. The van der Waals surface area contributed by atoms with Crippen LogP contribution in [0.1, 0.15) is 6.92 Å². The predicted octanol–water partition coefficient (Wildman–Crippen LogP) is 4.08. The minimum absolute atomic E-state index is 0.105. The highest BCUT2D eigenvalue weighted by atomic mass is 79.9. The summed E-state index contributed by atoms with van der Waals surface area (Å²) in [5.41, 5.74) is -6.46. The number of hydrogen-bond donors (Lipinski definition) is 0. The van der Waals surface area contributed by atoms with Gasteiger partial charge < -0.3 is 4.42 Å². The molecule has 0 aliphatic carbocycles. The summed E-state index contributed by atoms with van der Waals surface area (Å²) >= 11 is 3.33. The summed E-state index contributed by atoms with van der Waals surface area (Å²) in [7, 11) is -9.62. The van der Waals surface area contributed by atoms with E-state index >= 15 is 0 Å². The highest BCUT2D eigenvalue weighted by molar-refractivity contribution is 9.10. The van der Waals surface area contributed by atoms with E-state index in [0.717, 1.165) is 10.7 Å². The van der Waals surface area contributed by atoms with Crippen LogP contribution in [0.3, 0.4) is 0 Å². The Morgan fingerprint density at radius 1 is 1.00 bits per heavy atom. The van der Waals surface area contributed by atoms with E-state index in [1.165, 1.54) is 30.0 Å². The Bertz CT molecular complexity index is 2070. The molecule has 0 saturated heterocycles. The molecule has 17 heteroatoms. The molecule has 0 aliphatic heterocycles. The van der Waals surface area contributed by atoms with E-state index in [2.05, 4.69) is 31.0 Å². The van der Waals surface area contributed by atoms with E-state index in [-0.39, 0.29) is 33.3 Å². The lowest BCUT2D eigenvalue weighted by atomic mass is 10.3. The molecule has 5 aromatic rings. The van der Waals surface area contributed by atoms with Crippen LogP contribution in [0.4, 0.5) is 13.2 Å². The van der Waals surface area contributed by atoms with E-state index in [0.29, 0.717) is 22.3 Å². The van der Waals surface area contributed by atoms with Crippen LogP contribution < -0.4 is 5.69 Å². The average Bonchev–Trinajstić information content (AvgIpc) is 3.50. The van der Waals surface area contributed by atoms with Gasteiger partial charge in [0.1, 0.15) is 17.5 Å². The zero-order valence-corrected chi connectivity index (χ0v) is 23.2. The molecule has 0 fully saturated rings. The Labute approximate surface area is 231 Å². The fraction of sp³-hybridized carbons (Fsp3) is 0.130. The van der Waals surface area contributed by atoms with Gasteiger partial charge in [-0.3, -0.25) is 0 Å². The number of aromatic nitrogens is 5. The van der Waals surface area contributed by atoms with E-state index in [9.17, 15) is 34.8 Å². The van der Waals surface area contributed by atoms with E-state index in [1.54, 1.807) is 24.3 Å². The van der Waals surface area contributed by atoms with Crippen molar-refractivity contribution in [1.82, 2.24) is 24.3 Å². The Kier molecular flexibility index (Phi) is 6.70. The molecule has 0 aliphatic rings. The van der Waals surface area contributed by atoms with Crippen molar-refractivity contribution in [2.75, 3.05) is 5.75 Å². The van der Waals surface area contributed by atoms with Gasteiger partial charge in [0.25, 0.3) is 9.84 Å². The lowest BCUT2D eigenvalue weighted by Gasteiger charge is -2.08. The number of pyridine rings is 1. The molecule has 0 radical (unpaired) electrons. The Balaban J connectivity index is 1.68. The number of rotatable bonds is 6. The van der Waals surface area contributed by atoms with Crippen LogP contribution in [0.2, 0.25) is 0 Å². The summed E-state index contributed by atoms with van der Waals surface area (Å²) in [4.78, 5) is 20.0. The zero-order chi connectivity index (χ0) is 29.0. The summed E-state index contributed by atoms with van der Waals surface area (Å²) in [5.74, 6) is -0.872. The molecule has 0 bridgehead atoms. The van der Waals surface area contributed by atoms with E-state index < -0.39 is 41.7 Å². The van der Waals surface area contributed by atoms with Gasteiger partial charge in [-0.2, -0.15) is 23.0 Å². The van der Waals surface area contributed by atoms with E-state index in [4.69, 9.17) is 4.42 Å². The average molecular weight is 658 g/mol. The maximum atomic E-state index is 13.1. The molecule has 208 valence electrons. The van der Waals surface area contributed by atoms with Crippen molar-refractivity contribution in [3.63, 3.8) is 0 Å². The molecule has 40 heavy (non-hydrogen) atoms. The molecule has 0 spiro atoms. The third-order valence-corrected chi connectivity index (χ3v) is 9.45. The fourth-order valence-corrected chi connectivity index (χ4v) is 5.87. The van der Waals surface area contributed by atoms with Crippen molar-refractivity contribution in [3.05, 3.63) is 75.9 Å². The lowest BCUT2D eigenvalue weighted by molar-refractivity contribution is -0.0435. The quantitative estimate of drug-likeness (QED) is 0.263. The minimum Gasteiger partial charge on any atom is -0.435 e. The van der Waals surface area contributed by atoms with Crippen molar-refractivity contribution >= 4 is 46.7 Å². The number of oxazole rings is 1. The van der Waals surface area contributed by atoms with Crippen LogP contribution in [0.5, 0.6) is 0 Å². The van der Waals surface area contributed by atoms with Crippen LogP contribution in [-0.2, 0) is 19.7 Å². The van der Waals surface area contributed by atoms with Gasteiger partial charge >= 0.3 is 11.2 Å². The van der Waals surface area contributed by atoms with Gasteiger partial charge in [0, 0.05) is 4.47 Å². The van der Waals surface area contributed by atoms with Crippen molar-refractivity contribution in [2.45, 2.75) is 22.2 Å². The molecule has 3 heterocycles. The lowest BCUT2D eigenvalue weighted by Crippen LogP contribution is -2.23. The van der Waals surface area contributed by atoms with Crippen LogP contribution in [0.15, 0.2) is 84.4 Å². The largest absolute Gasteiger partial charge is 0.501 e. The Morgan fingerprint density at radius 2 is 1.75 bits per heavy atom. The summed E-state index contributed by atoms with van der Waals surface area (Å²) in [6, 6.07) is 11.6. The van der Waals surface area contributed by atoms with Gasteiger partial charge in [-0.25, -0.2) is 36.2 Å². The minimum atomic E-state index is -5.67. The molecular weight excluding hydrogens is 643 g/mol. The van der Waals surface area contributed by atoms with Gasteiger partial charge in [-0.1, -0.05) is 28.9 Å². The van der Waals surface area contributed by atoms with Crippen LogP contribution >= 0.6 is 15.9 Å². The number of nitrogens with zero attached hydrogens (tertiary/aromatic N) is 5. The van der Waals surface area contributed by atoms with Gasteiger partial charge in [0.05, 0.1) is 21.2 Å². The molecule has 11 nitrogen and oxygen atoms in total. The zero-order valence-electron chi connectivity index (χ0n) is 20.0. The van der Waals surface area contributed by atoms with E-state index in [1.807, 2.05) is 0 Å². The molecule has 0 saturated carbocycles. The molecule has 3 aromatic heterocycles. The Hall–Kier alpha value is -3.83. The summed E-state index contributed by atoms with van der Waals surface area (Å²) in [6.07, 6.45) is 1.24. The van der Waals surface area contributed by atoms with Gasteiger partial charge in [0.2, 0.25) is 5.89 Å². The van der Waals surface area contributed by atoms with Crippen molar-refractivity contribution in [2.24, 2.45) is 0 Å². The van der Waals surface area contributed by atoms with Crippen molar-refractivity contribution in [3.8, 4) is 23.1 Å². The van der Waals surface area contributed by atoms with Gasteiger partial charge in [0.15, 0.2) is 21.2 Å². The number of alkyl halides is 3. The molecule has 0 N–H and O–H groups in total. The molecular formula is C23H15BrF3N5O6S2. The highest BCUT2D eigenvalue weighted by Gasteiger charge is 2.47. The van der Waals surface area contributed by atoms with Crippen molar-refractivity contribution < 1.29 is 34.4 Å². The molecule has 0 amide bonds. The second-order valence-electron chi connectivity index (χ2n) is 8.19. The number of sulfone groups is 2. The Morgan fingerprint density at radius 3 is 2.42 bits per heavy atom. The number of halogens is 4. The first-order chi connectivity index (χ1) is 18.7. The standard InChI is InChI=1S/C23H15BrF3N5O6S2/c1-2-39(34,35)18-8-9-19(32-22(33)31(12-28-32)14-5-3-4-13(24)10-14)30-20(18)21-29-16-11-15(6-7-17(16)38-21)40(36,37)23(25,26)27/h3-12H,2H2,1H3. The second-order valence-corrected chi connectivity index (χ2v) is 13.3. The van der Waals surface area contributed by atoms with Crippen molar-refractivity contribution in [1.29, 1.82) is 0 Å². The number of benzene rings is 2. The topological polar surface area (TPSA) is 147 Å². The highest BCUT2D eigenvalue weighted by Crippen LogP contribution is 2.34. The number of hydrogen-bond acceptors (Lipinski definition) is 9. The second kappa shape index (κ2) is 9.67. The third-order valence-electron chi connectivity index (χ3n) is 5.71. The predicted molar refractivity (Wildman–Crippen MR) is 139 cm³/mol. The van der Waals surface area contributed by atoms with Gasteiger partial charge in [-0.15, -0.1) is 0 Å². The first kappa shape index (κ1) is 27.7. The third kappa shape index (κ3) is 4.73. The normalized spacial score (nSPS) is 12.7. The molecule has 0 unspecified atom stereocenters. The number of fused-ring (bicyclic) bond motifs is 1. The molecule has 2 aromatic carbocycles. The summed E-state index contributed by atoms with van der Waals surface area (Å²) in [6.45, 7) is 1.39. The smallest absolute Gasteiger partial charge is 0.435 e. The maximum absolute atomic E-state index is 13.1. The monoisotopic (exact) mass is 657 g/mol. The molecule has 5 rings (SSSR count). The first-order valence-electron chi connectivity index (χ1n) is 11.1. The van der Waals surface area contributed by atoms with Crippen LogP contribution in [0, 0.1) is 0 Å². The summed E-state index contributed by atoms with van der Waals surface area (Å²) in [5, 5.41) is 4.06.